The van der Waals surface area contributed by atoms with Gasteiger partial charge in [-0.1, -0.05) is 6.92 Å². The Hall–Kier alpha value is -1.03. The third kappa shape index (κ3) is 2.15. The molecule has 1 atom stereocenters. The fourth-order valence-electron chi connectivity index (χ4n) is 2.27. The van der Waals surface area contributed by atoms with Crippen molar-refractivity contribution in [3.63, 3.8) is 0 Å². The van der Waals surface area contributed by atoms with E-state index in [4.69, 9.17) is 5.73 Å². The van der Waals surface area contributed by atoms with Crippen LogP contribution in [-0.2, 0) is 13.0 Å². The first-order valence-electron chi connectivity index (χ1n) is 5.72. The maximum Gasteiger partial charge on any atom is 0.0851 e. The molecule has 0 amide bonds. The van der Waals surface area contributed by atoms with Crippen LogP contribution in [0.3, 0.4) is 0 Å². The summed E-state index contributed by atoms with van der Waals surface area (Å²) < 4.78 is 2.00. The number of nitrogens with two attached hydrogens (primary N) is 1. The number of hydrogen-bond acceptors (Lipinski definition) is 3. The Labute approximate surface area is 91.1 Å². The fraction of sp³-hybridized carbons (Fsp3) is 0.727. The summed E-state index contributed by atoms with van der Waals surface area (Å²) in [6.45, 7) is 4.27. The molecule has 4 nitrogen and oxygen atoms in total. The molecule has 0 aromatic carbocycles. The van der Waals surface area contributed by atoms with Crippen LogP contribution >= 0.6 is 0 Å². The van der Waals surface area contributed by atoms with Crippen LogP contribution in [0.15, 0.2) is 6.20 Å². The number of likely N-dealkylation sites (tertiary alicyclic amines) is 1. The third-order valence-corrected chi connectivity index (χ3v) is 3.27. The Kier molecular flexibility index (Phi) is 2.95. The molecule has 0 unspecified atom stereocenters. The molecule has 1 aromatic heterocycles. The van der Waals surface area contributed by atoms with E-state index in [-0.39, 0.29) is 0 Å². The van der Waals surface area contributed by atoms with Gasteiger partial charge in [0.25, 0.3) is 0 Å². The Balaban J connectivity index is 2.04. The summed E-state index contributed by atoms with van der Waals surface area (Å²) in [6, 6.07) is 0.633. The predicted octanol–water partition coefficient (Wildman–Crippen LogP) is 1.12. The van der Waals surface area contributed by atoms with Gasteiger partial charge in [0.2, 0.25) is 0 Å². The summed E-state index contributed by atoms with van der Waals surface area (Å²) in [4.78, 5) is 2.41. The molecular weight excluding hydrogens is 188 g/mol. The van der Waals surface area contributed by atoms with Crippen LogP contribution in [0.4, 0.5) is 5.69 Å². The standard InChI is InChI=1S/C11H20N4/c1-3-11-10(12)8-15(13-11)7-9-5-4-6-14(9)2/h8-9H,3-7,12H2,1-2H3/t9-/m0/s1. The smallest absolute Gasteiger partial charge is 0.0851 e. The first-order chi connectivity index (χ1) is 7.20. The zero-order chi connectivity index (χ0) is 10.8. The van der Waals surface area contributed by atoms with E-state index < -0.39 is 0 Å². The van der Waals surface area contributed by atoms with Gasteiger partial charge >= 0.3 is 0 Å². The molecule has 2 N–H and O–H groups in total. The number of anilines is 1. The zero-order valence-electron chi connectivity index (χ0n) is 9.61. The van der Waals surface area contributed by atoms with Gasteiger partial charge in [-0.05, 0) is 32.9 Å². The van der Waals surface area contributed by atoms with Gasteiger partial charge < -0.3 is 10.6 Å². The van der Waals surface area contributed by atoms with E-state index in [1.54, 1.807) is 0 Å². The molecule has 2 heterocycles. The minimum Gasteiger partial charge on any atom is -0.396 e. The van der Waals surface area contributed by atoms with Crippen molar-refractivity contribution < 1.29 is 0 Å². The summed E-state index contributed by atoms with van der Waals surface area (Å²) in [5.41, 5.74) is 7.72. The lowest BCUT2D eigenvalue weighted by atomic mass is 10.2. The van der Waals surface area contributed by atoms with Crippen LogP contribution in [0.25, 0.3) is 0 Å². The largest absolute Gasteiger partial charge is 0.396 e. The van der Waals surface area contributed by atoms with Crippen molar-refractivity contribution in [2.24, 2.45) is 0 Å². The van der Waals surface area contributed by atoms with Crippen molar-refractivity contribution in [1.29, 1.82) is 0 Å². The molecule has 0 bridgehead atoms. The van der Waals surface area contributed by atoms with Crippen LogP contribution in [0.2, 0.25) is 0 Å². The molecule has 0 spiro atoms. The minimum atomic E-state index is 0.633. The number of aryl methyl sites for hydroxylation is 1. The zero-order valence-corrected chi connectivity index (χ0v) is 9.61. The van der Waals surface area contributed by atoms with Gasteiger partial charge in [-0.2, -0.15) is 5.10 Å². The van der Waals surface area contributed by atoms with E-state index >= 15 is 0 Å². The highest BCUT2D eigenvalue weighted by atomic mass is 15.3. The summed E-state index contributed by atoms with van der Waals surface area (Å²) in [5, 5.41) is 4.49. The topological polar surface area (TPSA) is 47.1 Å². The molecule has 1 fully saturated rings. The quantitative estimate of drug-likeness (QED) is 0.809. The monoisotopic (exact) mass is 208 g/mol. The molecule has 0 aliphatic carbocycles. The number of rotatable bonds is 3. The van der Waals surface area contributed by atoms with E-state index in [1.165, 1.54) is 19.4 Å². The lowest BCUT2D eigenvalue weighted by molar-refractivity contribution is 0.274. The van der Waals surface area contributed by atoms with Crippen molar-refractivity contribution in [3.05, 3.63) is 11.9 Å². The van der Waals surface area contributed by atoms with Crippen molar-refractivity contribution in [2.45, 2.75) is 38.8 Å². The third-order valence-electron chi connectivity index (χ3n) is 3.27. The van der Waals surface area contributed by atoms with E-state index in [1.807, 2.05) is 10.9 Å². The van der Waals surface area contributed by atoms with Crippen molar-refractivity contribution in [3.8, 4) is 0 Å². The lowest BCUT2D eigenvalue weighted by Crippen LogP contribution is -2.29. The Morgan fingerprint density at radius 3 is 2.93 bits per heavy atom. The molecule has 0 saturated carbocycles. The van der Waals surface area contributed by atoms with Crippen LogP contribution in [-0.4, -0.2) is 34.3 Å². The molecule has 15 heavy (non-hydrogen) atoms. The average molecular weight is 208 g/mol. The molecule has 1 aromatic rings. The second kappa shape index (κ2) is 4.23. The molecule has 1 aliphatic heterocycles. The van der Waals surface area contributed by atoms with E-state index in [0.717, 1.165) is 24.3 Å². The van der Waals surface area contributed by atoms with Crippen LogP contribution in [0.1, 0.15) is 25.5 Å². The average Bonchev–Trinajstić information content (AvgIpc) is 2.75. The molecule has 0 radical (unpaired) electrons. The molecular formula is C11H20N4. The molecule has 2 rings (SSSR count). The van der Waals surface area contributed by atoms with Crippen molar-refractivity contribution in [1.82, 2.24) is 14.7 Å². The number of nitrogens with zero attached hydrogens (tertiary/aromatic N) is 3. The summed E-state index contributed by atoms with van der Waals surface area (Å²) in [7, 11) is 2.19. The van der Waals surface area contributed by atoms with Gasteiger partial charge in [-0.25, -0.2) is 0 Å². The second-order valence-electron chi connectivity index (χ2n) is 4.38. The number of hydrogen-bond donors (Lipinski definition) is 1. The highest BCUT2D eigenvalue weighted by Crippen LogP contribution is 2.17. The molecule has 84 valence electrons. The maximum absolute atomic E-state index is 5.86. The minimum absolute atomic E-state index is 0.633. The highest BCUT2D eigenvalue weighted by Gasteiger charge is 2.21. The Morgan fingerprint density at radius 1 is 1.60 bits per heavy atom. The van der Waals surface area contributed by atoms with Gasteiger partial charge in [0.1, 0.15) is 0 Å². The Morgan fingerprint density at radius 2 is 2.40 bits per heavy atom. The van der Waals surface area contributed by atoms with Gasteiger partial charge in [0, 0.05) is 12.2 Å². The molecule has 1 aliphatic rings. The maximum atomic E-state index is 5.86. The van der Waals surface area contributed by atoms with E-state index in [0.29, 0.717) is 6.04 Å². The summed E-state index contributed by atoms with van der Waals surface area (Å²) in [5.74, 6) is 0. The SMILES string of the molecule is CCc1nn(C[C@@H]2CCCN2C)cc1N. The Bertz CT molecular complexity index is 331. The molecule has 1 saturated heterocycles. The van der Waals surface area contributed by atoms with Gasteiger partial charge in [-0.15, -0.1) is 0 Å². The predicted molar refractivity (Wildman–Crippen MR) is 61.7 cm³/mol. The van der Waals surface area contributed by atoms with Crippen molar-refractivity contribution >= 4 is 5.69 Å². The van der Waals surface area contributed by atoms with E-state index in [9.17, 15) is 0 Å². The number of nitrogen functional groups attached to an aromatic ring is 1. The molecule has 4 heteroatoms. The number of aromatic nitrogens is 2. The van der Waals surface area contributed by atoms with Crippen LogP contribution in [0.5, 0.6) is 0 Å². The van der Waals surface area contributed by atoms with Crippen LogP contribution in [0, 0.1) is 0 Å². The normalized spacial score (nSPS) is 22.4. The summed E-state index contributed by atoms with van der Waals surface area (Å²) in [6.07, 6.45) is 5.46. The first kappa shape index (κ1) is 10.5. The second-order valence-corrected chi connectivity index (χ2v) is 4.38. The summed E-state index contributed by atoms with van der Waals surface area (Å²) >= 11 is 0. The number of likely N-dealkylation sites (N-methyl/N-ethyl adjacent to an activating group) is 1. The first-order valence-corrected chi connectivity index (χ1v) is 5.72. The van der Waals surface area contributed by atoms with Crippen LogP contribution < -0.4 is 5.73 Å². The highest BCUT2D eigenvalue weighted by molar-refractivity contribution is 5.40. The van der Waals surface area contributed by atoms with Gasteiger partial charge in [0.15, 0.2) is 0 Å². The van der Waals surface area contributed by atoms with Crippen molar-refractivity contribution in [2.75, 3.05) is 19.3 Å². The van der Waals surface area contributed by atoms with E-state index in [2.05, 4.69) is 24.0 Å². The lowest BCUT2D eigenvalue weighted by Gasteiger charge is -2.18. The van der Waals surface area contributed by atoms with Gasteiger partial charge in [-0.3, -0.25) is 4.68 Å². The fourth-order valence-corrected chi connectivity index (χ4v) is 2.27. The van der Waals surface area contributed by atoms with Gasteiger partial charge in [0.05, 0.1) is 17.9 Å².